The van der Waals surface area contributed by atoms with Gasteiger partial charge in [-0.1, -0.05) is 53.2 Å². The monoisotopic (exact) mass is 343 g/mol. The third-order valence-electron chi connectivity index (χ3n) is 3.53. The molecule has 0 aliphatic heterocycles. The molecule has 24 heavy (non-hydrogen) atoms. The number of aromatic nitrogens is 2. The van der Waals surface area contributed by atoms with Crippen molar-refractivity contribution in [3.8, 4) is 11.4 Å². The Kier molecular flexibility index (Phi) is 4.46. The van der Waals surface area contributed by atoms with E-state index in [1.165, 1.54) is 0 Å². The van der Waals surface area contributed by atoms with Gasteiger partial charge in [-0.2, -0.15) is 4.98 Å². The molecule has 1 N–H and O–H groups in total. The van der Waals surface area contributed by atoms with Crippen LogP contribution >= 0.6 is 0 Å². The average molecular weight is 343 g/mol. The van der Waals surface area contributed by atoms with Gasteiger partial charge in [0.25, 0.3) is 0 Å². The van der Waals surface area contributed by atoms with Crippen LogP contribution in [0.4, 0.5) is 0 Å². The van der Waals surface area contributed by atoms with E-state index in [1.807, 2.05) is 43.3 Å². The molecule has 0 fully saturated rings. The Balaban J connectivity index is 1.75. The van der Waals surface area contributed by atoms with Gasteiger partial charge in [-0.05, 0) is 25.5 Å². The summed E-state index contributed by atoms with van der Waals surface area (Å²) in [5.74, 6) is 0.638. The van der Waals surface area contributed by atoms with Crippen LogP contribution in [0.25, 0.3) is 11.4 Å². The van der Waals surface area contributed by atoms with Crippen LogP contribution in [0.2, 0.25) is 0 Å². The number of sulfonamides is 1. The molecule has 6 nitrogen and oxygen atoms in total. The van der Waals surface area contributed by atoms with Gasteiger partial charge in [0.2, 0.25) is 21.7 Å². The number of rotatable bonds is 5. The molecule has 0 bridgehead atoms. The maximum Gasteiger partial charge on any atom is 0.242 e. The highest BCUT2D eigenvalue weighted by Gasteiger charge is 2.18. The number of hydrogen-bond acceptors (Lipinski definition) is 5. The van der Waals surface area contributed by atoms with Gasteiger partial charge in [0.1, 0.15) is 0 Å². The lowest BCUT2D eigenvalue weighted by molar-refractivity contribution is 0.376. The molecule has 0 saturated carbocycles. The molecule has 2 aromatic carbocycles. The summed E-state index contributed by atoms with van der Waals surface area (Å²) in [6.07, 6.45) is 0. The van der Waals surface area contributed by atoms with Gasteiger partial charge < -0.3 is 4.52 Å². The largest absolute Gasteiger partial charge is 0.338 e. The van der Waals surface area contributed by atoms with Gasteiger partial charge in [0, 0.05) is 5.56 Å². The third-order valence-corrected chi connectivity index (χ3v) is 5.09. The van der Waals surface area contributed by atoms with Crippen molar-refractivity contribution in [3.05, 3.63) is 65.5 Å². The summed E-state index contributed by atoms with van der Waals surface area (Å²) >= 11 is 0. The number of benzene rings is 2. The second kappa shape index (κ2) is 6.54. The van der Waals surface area contributed by atoms with Crippen molar-refractivity contribution in [2.24, 2.45) is 0 Å². The summed E-state index contributed by atoms with van der Waals surface area (Å²) in [6, 6.07) is 14.5. The number of hydrogen-bond donors (Lipinski definition) is 1. The van der Waals surface area contributed by atoms with E-state index < -0.39 is 10.0 Å². The predicted molar refractivity (Wildman–Crippen MR) is 89.7 cm³/mol. The molecule has 0 atom stereocenters. The normalized spacial score (nSPS) is 11.6. The molecule has 0 aliphatic rings. The maximum atomic E-state index is 12.4. The lowest BCUT2D eigenvalue weighted by atomic mass is 10.2. The predicted octanol–water partition coefficient (Wildman–Crippen LogP) is 2.83. The van der Waals surface area contributed by atoms with Gasteiger partial charge in [-0.15, -0.1) is 0 Å². The molecule has 124 valence electrons. The van der Waals surface area contributed by atoms with Crippen molar-refractivity contribution in [1.29, 1.82) is 0 Å². The standard InChI is InChI=1S/C17H17N3O3S/c1-12-8-9-15(13(2)10-12)24(21,22)18-11-16-19-17(20-23-16)14-6-4-3-5-7-14/h3-10,18H,11H2,1-2H3. The van der Waals surface area contributed by atoms with Crippen molar-refractivity contribution in [1.82, 2.24) is 14.9 Å². The lowest BCUT2D eigenvalue weighted by Crippen LogP contribution is -2.24. The Labute approximate surface area is 140 Å². The van der Waals surface area contributed by atoms with Crippen molar-refractivity contribution in [2.75, 3.05) is 0 Å². The van der Waals surface area contributed by atoms with E-state index in [-0.39, 0.29) is 17.3 Å². The van der Waals surface area contributed by atoms with Gasteiger partial charge >= 0.3 is 0 Å². The zero-order valence-electron chi connectivity index (χ0n) is 13.4. The van der Waals surface area contributed by atoms with Crippen LogP contribution in [0, 0.1) is 13.8 Å². The van der Waals surface area contributed by atoms with Crippen molar-refractivity contribution < 1.29 is 12.9 Å². The fourth-order valence-electron chi connectivity index (χ4n) is 2.37. The topological polar surface area (TPSA) is 85.1 Å². The number of nitrogens with zero attached hydrogens (tertiary/aromatic N) is 2. The zero-order chi connectivity index (χ0) is 17.2. The van der Waals surface area contributed by atoms with E-state index in [1.54, 1.807) is 19.1 Å². The highest BCUT2D eigenvalue weighted by atomic mass is 32.2. The number of nitrogens with one attached hydrogen (secondary N) is 1. The van der Waals surface area contributed by atoms with E-state index in [4.69, 9.17) is 4.52 Å². The van der Waals surface area contributed by atoms with Gasteiger partial charge in [-0.25, -0.2) is 13.1 Å². The van der Waals surface area contributed by atoms with Crippen LogP contribution in [-0.2, 0) is 16.6 Å². The van der Waals surface area contributed by atoms with Crippen LogP contribution in [0.5, 0.6) is 0 Å². The molecule has 0 radical (unpaired) electrons. The molecule has 0 spiro atoms. The van der Waals surface area contributed by atoms with Gasteiger partial charge in [0.05, 0.1) is 11.4 Å². The Bertz CT molecular complexity index is 950. The van der Waals surface area contributed by atoms with E-state index in [9.17, 15) is 8.42 Å². The van der Waals surface area contributed by atoms with Crippen molar-refractivity contribution in [2.45, 2.75) is 25.3 Å². The Hall–Kier alpha value is -2.51. The quantitative estimate of drug-likeness (QED) is 0.770. The smallest absolute Gasteiger partial charge is 0.242 e. The molecule has 1 heterocycles. The van der Waals surface area contributed by atoms with Crippen LogP contribution in [-0.4, -0.2) is 18.6 Å². The van der Waals surface area contributed by atoms with E-state index in [0.29, 0.717) is 11.4 Å². The van der Waals surface area contributed by atoms with E-state index in [2.05, 4.69) is 14.9 Å². The van der Waals surface area contributed by atoms with Crippen LogP contribution in [0.15, 0.2) is 57.9 Å². The average Bonchev–Trinajstić information content (AvgIpc) is 3.02. The fourth-order valence-corrected chi connectivity index (χ4v) is 3.57. The third kappa shape index (κ3) is 3.52. The van der Waals surface area contributed by atoms with Crippen LogP contribution < -0.4 is 4.72 Å². The Morgan fingerprint density at radius 3 is 2.54 bits per heavy atom. The number of aryl methyl sites for hydroxylation is 2. The second-order valence-electron chi connectivity index (χ2n) is 5.47. The first-order chi connectivity index (χ1) is 11.5. The Morgan fingerprint density at radius 1 is 1.08 bits per heavy atom. The summed E-state index contributed by atoms with van der Waals surface area (Å²) in [5.41, 5.74) is 2.51. The molecular weight excluding hydrogens is 326 g/mol. The maximum absolute atomic E-state index is 12.4. The molecule has 1 aromatic heterocycles. The highest BCUT2D eigenvalue weighted by molar-refractivity contribution is 7.89. The van der Waals surface area contributed by atoms with E-state index in [0.717, 1.165) is 11.1 Å². The van der Waals surface area contributed by atoms with Crippen molar-refractivity contribution >= 4 is 10.0 Å². The lowest BCUT2D eigenvalue weighted by Gasteiger charge is -2.08. The van der Waals surface area contributed by atoms with Gasteiger partial charge in [-0.3, -0.25) is 0 Å². The Morgan fingerprint density at radius 2 is 1.83 bits per heavy atom. The highest BCUT2D eigenvalue weighted by Crippen LogP contribution is 2.18. The van der Waals surface area contributed by atoms with Crippen LogP contribution in [0.3, 0.4) is 0 Å². The fraction of sp³-hybridized carbons (Fsp3) is 0.176. The first-order valence-corrected chi connectivity index (χ1v) is 8.89. The second-order valence-corrected chi connectivity index (χ2v) is 7.21. The summed E-state index contributed by atoms with van der Waals surface area (Å²) in [5, 5.41) is 3.87. The molecule has 0 unspecified atom stereocenters. The summed E-state index contributed by atoms with van der Waals surface area (Å²) < 4.78 is 32.4. The molecule has 3 rings (SSSR count). The first-order valence-electron chi connectivity index (χ1n) is 7.40. The van der Waals surface area contributed by atoms with Gasteiger partial charge in [0.15, 0.2) is 0 Å². The minimum Gasteiger partial charge on any atom is -0.338 e. The molecule has 0 saturated heterocycles. The zero-order valence-corrected chi connectivity index (χ0v) is 14.2. The molecule has 0 aliphatic carbocycles. The molecule has 0 amide bonds. The minimum atomic E-state index is -3.64. The van der Waals surface area contributed by atoms with Crippen molar-refractivity contribution in [3.63, 3.8) is 0 Å². The molecule has 7 heteroatoms. The SMILES string of the molecule is Cc1ccc(S(=O)(=O)NCc2nc(-c3ccccc3)no2)c(C)c1. The minimum absolute atomic E-state index is 0.0600. The van der Waals surface area contributed by atoms with E-state index >= 15 is 0 Å². The summed E-state index contributed by atoms with van der Waals surface area (Å²) in [7, 11) is -3.64. The molecular formula is C17H17N3O3S. The first kappa shape index (κ1) is 16.4. The summed E-state index contributed by atoms with van der Waals surface area (Å²) in [6.45, 7) is 3.62. The summed E-state index contributed by atoms with van der Waals surface area (Å²) in [4.78, 5) is 4.46. The molecule has 3 aromatic rings. The van der Waals surface area contributed by atoms with Crippen LogP contribution in [0.1, 0.15) is 17.0 Å².